The number of aryl methyl sites for hydroxylation is 4. The maximum atomic E-state index is 2.84. The number of rotatable bonds is 4. The monoisotopic (exact) mass is 716 g/mol. The van der Waals surface area contributed by atoms with Gasteiger partial charge in [-0.3, -0.25) is 0 Å². The Hall–Kier alpha value is -2.90. The first-order valence-corrected chi connectivity index (χ1v) is 29.1. The van der Waals surface area contributed by atoms with E-state index in [1.54, 1.807) is 11.1 Å². The molecule has 0 bridgehead atoms. The van der Waals surface area contributed by atoms with Gasteiger partial charge in [0.1, 0.15) is 0 Å². The van der Waals surface area contributed by atoms with E-state index >= 15 is 0 Å². The zero-order valence-electron chi connectivity index (χ0n) is 26.2. The number of hydrogen-bond donors (Lipinski definition) is 0. The zero-order chi connectivity index (χ0) is 29.2. The van der Waals surface area contributed by atoms with Gasteiger partial charge in [0.25, 0.3) is 0 Å². The molecule has 3 aliphatic rings. The van der Waals surface area contributed by atoms with Crippen molar-refractivity contribution >= 4 is 15.4 Å². The second-order valence-electron chi connectivity index (χ2n) is 14.2. The van der Waals surface area contributed by atoms with Crippen molar-refractivity contribution in [3.05, 3.63) is 129 Å². The van der Waals surface area contributed by atoms with Gasteiger partial charge in [0, 0.05) is 0 Å². The first-order valence-electron chi connectivity index (χ1n) is 16.0. The molecule has 1 saturated carbocycles. The Bertz CT molecular complexity index is 1710. The van der Waals surface area contributed by atoms with Crippen LogP contribution in [0, 0.1) is 27.7 Å². The molecule has 0 aromatic heterocycles. The van der Waals surface area contributed by atoms with Crippen LogP contribution in [0.15, 0.2) is 84.9 Å². The number of benzene rings is 4. The van der Waals surface area contributed by atoms with Crippen molar-refractivity contribution in [3.63, 3.8) is 0 Å². The predicted octanol–water partition coefficient (Wildman–Crippen LogP) is 11.6. The van der Waals surface area contributed by atoms with E-state index in [0.717, 1.165) is 0 Å². The Balaban J connectivity index is 1.44. The molecular weight excluding hydrogens is 671 g/mol. The van der Waals surface area contributed by atoms with Crippen molar-refractivity contribution in [3.8, 4) is 22.3 Å². The second kappa shape index (κ2) is 10.1. The van der Waals surface area contributed by atoms with Crippen molar-refractivity contribution in [1.29, 1.82) is 0 Å². The fourth-order valence-electron chi connectivity index (χ4n) is 9.36. The van der Waals surface area contributed by atoms with Crippen molar-refractivity contribution in [2.75, 3.05) is 0 Å². The molecule has 0 aliphatic heterocycles. The molecule has 4 aromatic carbocycles. The Morgan fingerprint density at radius 2 is 0.905 bits per heavy atom. The van der Waals surface area contributed by atoms with Crippen molar-refractivity contribution in [2.24, 2.45) is 0 Å². The van der Waals surface area contributed by atoms with Crippen molar-refractivity contribution < 1.29 is 18.0 Å². The van der Waals surface area contributed by atoms with E-state index in [1.165, 1.54) is 81.3 Å². The van der Waals surface area contributed by atoms with E-state index in [0.29, 0.717) is 7.35 Å². The van der Waals surface area contributed by atoms with Crippen molar-refractivity contribution in [1.82, 2.24) is 0 Å². The Morgan fingerprint density at radius 1 is 0.524 bits per heavy atom. The van der Waals surface area contributed by atoms with Gasteiger partial charge in [-0.1, -0.05) is 0 Å². The SMILES string of the molecule is Cc1cccc(C)c1-c1cccc2c1C=C[CH]2[Hf]([CH3])([CH3])(=[C]1CCCC1)[CH]1C=Cc2c(-c3c(C)cccc3C)cccc21. The fourth-order valence-corrected chi connectivity index (χ4v) is 34.5. The Kier molecular flexibility index (Phi) is 6.70. The molecular formula is C41H44Hf. The van der Waals surface area contributed by atoms with Gasteiger partial charge < -0.3 is 0 Å². The van der Waals surface area contributed by atoms with Gasteiger partial charge in [-0.15, -0.1) is 0 Å². The molecule has 0 heterocycles. The molecule has 0 saturated heterocycles. The summed E-state index contributed by atoms with van der Waals surface area (Å²) in [5, 5.41) is 0. The minimum absolute atomic E-state index is 0.527. The molecule has 212 valence electrons. The summed E-state index contributed by atoms with van der Waals surface area (Å²) in [4.78, 5) is 0. The van der Waals surface area contributed by atoms with E-state index in [1.807, 2.05) is 3.26 Å². The summed E-state index contributed by atoms with van der Waals surface area (Å²) < 4.78 is 8.69. The van der Waals surface area contributed by atoms with Crippen LogP contribution in [0.25, 0.3) is 34.4 Å². The van der Waals surface area contributed by atoms with Gasteiger partial charge in [-0.05, 0) is 0 Å². The molecule has 2 unspecified atom stereocenters. The normalized spacial score (nSPS) is 19.5. The van der Waals surface area contributed by atoms with Crippen LogP contribution in [-0.2, 0) is 18.0 Å². The van der Waals surface area contributed by atoms with Gasteiger partial charge in [0.15, 0.2) is 0 Å². The molecule has 0 nitrogen and oxygen atoms in total. The quantitative estimate of drug-likeness (QED) is 0.185. The molecule has 1 fully saturated rings. The summed E-state index contributed by atoms with van der Waals surface area (Å²) >= 11 is -3.93. The topological polar surface area (TPSA) is 0 Å². The molecule has 0 N–H and O–H groups in total. The minimum atomic E-state index is -3.93. The van der Waals surface area contributed by atoms with E-state index in [2.05, 4.69) is 134 Å². The van der Waals surface area contributed by atoms with E-state index in [9.17, 15) is 0 Å². The Morgan fingerprint density at radius 3 is 1.31 bits per heavy atom. The number of allylic oxidation sites excluding steroid dienone is 2. The van der Waals surface area contributed by atoms with Gasteiger partial charge in [-0.25, -0.2) is 0 Å². The first kappa shape index (κ1) is 27.9. The van der Waals surface area contributed by atoms with Crippen LogP contribution in [0.1, 0.15) is 77.5 Å². The van der Waals surface area contributed by atoms with Gasteiger partial charge in [-0.2, -0.15) is 0 Å². The molecule has 0 amide bonds. The third-order valence-corrected chi connectivity index (χ3v) is 38.8. The van der Waals surface area contributed by atoms with Crippen LogP contribution in [0.3, 0.4) is 0 Å². The fraction of sp³-hybridized carbons (Fsp3) is 0.293. The summed E-state index contributed by atoms with van der Waals surface area (Å²) in [6.07, 6.45) is 15.7. The first-order chi connectivity index (χ1) is 20.2. The van der Waals surface area contributed by atoms with Crippen molar-refractivity contribution in [2.45, 2.75) is 70.1 Å². The Labute approximate surface area is 253 Å². The second-order valence-corrected chi connectivity index (χ2v) is 40.0. The van der Waals surface area contributed by atoms with Crippen LogP contribution in [0.2, 0.25) is 9.36 Å². The zero-order valence-corrected chi connectivity index (χ0v) is 29.8. The molecule has 1 heteroatoms. The molecule has 0 spiro atoms. The van der Waals surface area contributed by atoms with Crippen LogP contribution in [0.5, 0.6) is 0 Å². The van der Waals surface area contributed by atoms with Crippen LogP contribution in [-0.4, -0.2) is 3.26 Å². The third kappa shape index (κ3) is 3.99. The van der Waals surface area contributed by atoms with Gasteiger partial charge in [0.05, 0.1) is 0 Å². The molecule has 4 aromatic rings. The molecule has 3 aliphatic carbocycles. The van der Waals surface area contributed by atoms with Crippen LogP contribution >= 0.6 is 0 Å². The molecule has 7 rings (SSSR count). The molecule has 0 radical (unpaired) electrons. The number of hydrogen-bond acceptors (Lipinski definition) is 0. The average Bonchev–Trinajstić information content (AvgIpc) is 3.74. The standard InChI is InChI=1S/2C17H15.C5H8.2CH3.Hf/c2*1-12-6-3-7-13(2)17(12)16-11-5-9-14-8-4-10-15(14)16;1-2-4-5-3-1;;;/h2*3-11H,1-2H3;1-4H2;2*1H3;. The van der Waals surface area contributed by atoms with E-state index < -0.39 is 18.0 Å². The van der Waals surface area contributed by atoms with E-state index in [-0.39, 0.29) is 0 Å². The van der Waals surface area contributed by atoms with E-state index in [4.69, 9.17) is 0 Å². The average molecular weight is 715 g/mol. The molecule has 2 atom stereocenters. The van der Waals surface area contributed by atoms with Gasteiger partial charge >= 0.3 is 255 Å². The predicted molar refractivity (Wildman–Crippen MR) is 181 cm³/mol. The third-order valence-electron chi connectivity index (χ3n) is 11.6. The summed E-state index contributed by atoms with van der Waals surface area (Å²) in [7, 11) is 0. The number of fused-ring (bicyclic) bond motifs is 2. The van der Waals surface area contributed by atoms with Crippen LogP contribution in [0.4, 0.5) is 0 Å². The summed E-state index contributed by atoms with van der Waals surface area (Å²) in [5.74, 6) is 0. The summed E-state index contributed by atoms with van der Waals surface area (Å²) in [6, 6.07) is 27.8. The maximum absolute atomic E-state index is 3.93. The van der Waals surface area contributed by atoms with Gasteiger partial charge in [0.2, 0.25) is 0 Å². The van der Waals surface area contributed by atoms with Crippen LogP contribution < -0.4 is 0 Å². The summed E-state index contributed by atoms with van der Waals surface area (Å²) in [5.41, 5.74) is 17.3. The molecule has 42 heavy (non-hydrogen) atoms. The summed E-state index contributed by atoms with van der Waals surface area (Å²) in [6.45, 7) is 9.08.